The Balaban J connectivity index is 0.000000853. The highest BCUT2D eigenvalue weighted by Crippen LogP contribution is 2.70. The van der Waals surface area contributed by atoms with E-state index in [4.69, 9.17) is 0 Å². The van der Waals surface area contributed by atoms with Crippen LogP contribution in [0.15, 0.2) is 11.3 Å². The Morgan fingerprint density at radius 3 is 2.53 bits per heavy atom. The summed E-state index contributed by atoms with van der Waals surface area (Å²) >= 11 is 3.54. The molecule has 2 atom stereocenters. The lowest BCUT2D eigenvalue weighted by Gasteiger charge is -2.32. The van der Waals surface area contributed by atoms with E-state index in [9.17, 15) is 9.90 Å². The number of carbonyl (C=O) groups excluding carboxylic acids is 1. The second-order valence-electron chi connectivity index (χ2n) is 4.11. The van der Waals surface area contributed by atoms with Crippen molar-refractivity contribution in [3.63, 3.8) is 0 Å². The first-order valence-electron chi connectivity index (χ1n) is 4.87. The summed E-state index contributed by atoms with van der Waals surface area (Å²) in [4.78, 5) is 11.4. The molecule has 1 heterocycles. The van der Waals surface area contributed by atoms with E-state index in [0.29, 0.717) is 17.4 Å². The quantitative estimate of drug-likeness (QED) is 0.653. The van der Waals surface area contributed by atoms with E-state index in [1.807, 2.05) is 0 Å². The average molecular weight is 242 g/mol. The number of carbonyl (C=O) groups is 1. The van der Waals surface area contributed by atoms with Crippen molar-refractivity contribution < 1.29 is 9.90 Å². The summed E-state index contributed by atoms with van der Waals surface area (Å²) in [6.45, 7) is 1.53. The summed E-state index contributed by atoms with van der Waals surface area (Å²) in [5, 5.41) is 12.1. The van der Waals surface area contributed by atoms with Gasteiger partial charge in [-0.3, -0.25) is 4.79 Å². The molecular formula is C11H14O2S2. The molecule has 2 fully saturated rings. The molecule has 82 valence electrons. The van der Waals surface area contributed by atoms with Crippen LogP contribution in [-0.2, 0) is 4.79 Å². The maximum atomic E-state index is 12.1. The molecule has 2 nitrogen and oxygen atoms in total. The minimum atomic E-state index is -0.230. The second kappa shape index (κ2) is 3.39. The fourth-order valence-corrected chi connectivity index (χ4v) is 6.19. The Morgan fingerprint density at radius 2 is 2.07 bits per heavy atom. The van der Waals surface area contributed by atoms with E-state index in [-0.39, 0.29) is 23.0 Å². The van der Waals surface area contributed by atoms with Gasteiger partial charge in [-0.15, -0.1) is 23.5 Å². The Kier molecular flexibility index (Phi) is 2.54. The smallest absolute Gasteiger partial charge is 0.155 e. The molecule has 3 rings (SSSR count). The lowest BCUT2D eigenvalue weighted by molar-refractivity contribution is -0.307. The van der Waals surface area contributed by atoms with Crippen molar-refractivity contribution in [1.82, 2.24) is 0 Å². The molecule has 0 N–H and O–H groups in total. The molecule has 0 bridgehead atoms. The van der Waals surface area contributed by atoms with Crippen molar-refractivity contribution >= 4 is 29.3 Å². The largest absolute Gasteiger partial charge is 0.874 e. The Morgan fingerprint density at radius 1 is 1.47 bits per heavy atom. The van der Waals surface area contributed by atoms with Crippen molar-refractivity contribution in [1.29, 1.82) is 0 Å². The maximum Gasteiger partial charge on any atom is 0.155 e. The van der Waals surface area contributed by atoms with E-state index < -0.39 is 0 Å². The second-order valence-corrected chi connectivity index (χ2v) is 7.05. The number of allylic oxidation sites excluding steroid dienone is 1. The highest BCUT2D eigenvalue weighted by molar-refractivity contribution is 8.21. The van der Waals surface area contributed by atoms with Gasteiger partial charge in [-0.1, -0.05) is 5.76 Å². The number of ketones is 1. The Hall–Kier alpha value is -0.220. The molecule has 0 aromatic rings. The van der Waals surface area contributed by atoms with E-state index in [2.05, 4.69) is 0 Å². The number of thioether (sulfide) groups is 2. The van der Waals surface area contributed by atoms with Gasteiger partial charge in [0.1, 0.15) is 0 Å². The Labute approximate surface area is 98.9 Å². The summed E-state index contributed by atoms with van der Waals surface area (Å²) in [7, 11) is 0. The summed E-state index contributed by atoms with van der Waals surface area (Å²) in [6.07, 6.45) is 1.07. The molecule has 4 heteroatoms. The SMILES string of the molecule is CC(=O)C1=C([O-])C2(SCCS2)[C@@H]2C[C@H]12.[CH3+]. The van der Waals surface area contributed by atoms with E-state index in [0.717, 1.165) is 17.9 Å². The Bertz CT molecular complexity index is 342. The molecule has 0 aromatic carbocycles. The molecule has 2 aliphatic carbocycles. The monoisotopic (exact) mass is 242 g/mol. The van der Waals surface area contributed by atoms with Crippen molar-refractivity contribution in [3.05, 3.63) is 18.8 Å². The van der Waals surface area contributed by atoms with Gasteiger partial charge >= 0.3 is 0 Å². The van der Waals surface area contributed by atoms with Gasteiger partial charge in [-0.2, -0.15) is 0 Å². The number of fused-ring (bicyclic) bond motifs is 2. The van der Waals surface area contributed by atoms with Gasteiger partial charge in [0.25, 0.3) is 0 Å². The van der Waals surface area contributed by atoms with Crippen LogP contribution in [0, 0.1) is 19.3 Å². The van der Waals surface area contributed by atoms with Crippen LogP contribution in [0.3, 0.4) is 0 Å². The third-order valence-corrected chi connectivity index (χ3v) is 6.92. The number of hydrogen-bond acceptors (Lipinski definition) is 4. The van der Waals surface area contributed by atoms with Crippen LogP contribution in [0.2, 0.25) is 0 Å². The third-order valence-electron chi connectivity index (χ3n) is 3.31. The molecule has 1 saturated heterocycles. The molecule has 1 spiro atoms. The first-order valence-corrected chi connectivity index (χ1v) is 6.84. The summed E-state index contributed by atoms with van der Waals surface area (Å²) in [6, 6.07) is 0. The standard InChI is InChI=1S/C10H12O2S2.CH3/c1-5(11)8-6-4-7(6)10(9(8)12)13-2-3-14-10;/h6-7,12H,2-4H2,1H3;1H3/q;+1/p-1/t6-,7+;/m0./s1. The van der Waals surface area contributed by atoms with Gasteiger partial charge in [0.15, 0.2) is 5.78 Å². The predicted molar refractivity (Wildman–Crippen MR) is 63.4 cm³/mol. The first-order chi connectivity index (χ1) is 6.67. The van der Waals surface area contributed by atoms with E-state index >= 15 is 0 Å². The van der Waals surface area contributed by atoms with Gasteiger partial charge in [0, 0.05) is 18.9 Å². The lowest BCUT2D eigenvalue weighted by Crippen LogP contribution is -2.29. The molecule has 0 amide bonds. The molecule has 0 radical (unpaired) electrons. The fraction of sp³-hybridized carbons (Fsp3) is 0.636. The minimum absolute atomic E-state index is 0. The van der Waals surface area contributed by atoms with E-state index in [1.54, 1.807) is 23.5 Å². The molecule has 15 heavy (non-hydrogen) atoms. The van der Waals surface area contributed by atoms with Crippen LogP contribution in [0.1, 0.15) is 13.3 Å². The van der Waals surface area contributed by atoms with Gasteiger partial charge in [0.2, 0.25) is 0 Å². The maximum absolute atomic E-state index is 12.1. The average Bonchev–Trinajstić information content (AvgIpc) is 2.70. The molecule has 0 unspecified atom stereocenters. The van der Waals surface area contributed by atoms with Gasteiger partial charge in [-0.05, 0) is 30.8 Å². The van der Waals surface area contributed by atoms with Crippen LogP contribution >= 0.6 is 23.5 Å². The van der Waals surface area contributed by atoms with Gasteiger partial charge < -0.3 is 5.11 Å². The fourth-order valence-electron chi connectivity index (χ4n) is 2.65. The van der Waals surface area contributed by atoms with Crippen LogP contribution in [0.5, 0.6) is 0 Å². The van der Waals surface area contributed by atoms with Crippen LogP contribution in [-0.4, -0.2) is 21.4 Å². The molecule has 1 saturated carbocycles. The normalized spacial score (nSPS) is 35.3. The van der Waals surface area contributed by atoms with Crippen LogP contribution in [0.4, 0.5) is 0 Å². The topological polar surface area (TPSA) is 40.1 Å². The zero-order chi connectivity index (χ0) is 9.92. The zero-order valence-corrected chi connectivity index (χ0v) is 10.5. The summed E-state index contributed by atoms with van der Waals surface area (Å²) in [5.74, 6) is 3.08. The van der Waals surface area contributed by atoms with Gasteiger partial charge in [0.05, 0.1) is 4.08 Å². The third kappa shape index (κ3) is 1.27. The van der Waals surface area contributed by atoms with Crippen LogP contribution < -0.4 is 5.11 Å². The van der Waals surface area contributed by atoms with Crippen molar-refractivity contribution in [2.75, 3.05) is 11.5 Å². The molecule has 0 aromatic heterocycles. The summed E-state index contributed by atoms with van der Waals surface area (Å²) < 4.78 is -0.230. The minimum Gasteiger partial charge on any atom is -0.874 e. The number of rotatable bonds is 1. The molecule has 3 aliphatic rings. The highest BCUT2D eigenvalue weighted by atomic mass is 32.2. The summed E-state index contributed by atoms with van der Waals surface area (Å²) in [5.41, 5.74) is 0.622. The van der Waals surface area contributed by atoms with Crippen molar-refractivity contribution in [2.45, 2.75) is 17.4 Å². The predicted octanol–water partition coefficient (Wildman–Crippen LogP) is 1.47. The van der Waals surface area contributed by atoms with Crippen molar-refractivity contribution in [3.8, 4) is 0 Å². The number of Topliss-reactive ketones (excluding diaryl/α,β-unsaturated/α-hetero) is 1. The van der Waals surface area contributed by atoms with Crippen LogP contribution in [0.25, 0.3) is 0 Å². The van der Waals surface area contributed by atoms with Crippen molar-refractivity contribution in [2.24, 2.45) is 11.8 Å². The van der Waals surface area contributed by atoms with Gasteiger partial charge in [-0.25, -0.2) is 0 Å². The number of hydrogen-bond donors (Lipinski definition) is 0. The molecule has 1 aliphatic heterocycles. The lowest BCUT2D eigenvalue weighted by atomic mass is 10.1. The zero-order valence-electron chi connectivity index (χ0n) is 8.91. The first kappa shape index (κ1) is 11.3. The van der Waals surface area contributed by atoms with E-state index in [1.165, 1.54) is 6.92 Å². The molecular weight excluding hydrogens is 228 g/mol. The highest BCUT2D eigenvalue weighted by Gasteiger charge is 2.62.